The molecule has 0 saturated heterocycles. The summed E-state index contributed by atoms with van der Waals surface area (Å²) in [4.78, 5) is 0. The Kier molecular flexibility index (Phi) is 5.71. The largest absolute Gasteiger partial charge is 0.490 e. The van der Waals surface area contributed by atoms with Gasteiger partial charge in [0, 0.05) is 12.5 Å². The number of halogens is 2. The second kappa shape index (κ2) is 7.05. The summed E-state index contributed by atoms with van der Waals surface area (Å²) in [7, 11) is 0. The summed E-state index contributed by atoms with van der Waals surface area (Å²) < 4.78 is 31.4. The van der Waals surface area contributed by atoms with Crippen LogP contribution in [-0.2, 0) is 0 Å². The maximum Gasteiger partial charge on any atom is 0.165 e. The third-order valence-electron chi connectivity index (χ3n) is 2.76. The molecule has 0 aliphatic carbocycles. The Bertz CT molecular complexity index is 459. The Morgan fingerprint density at radius 3 is 2.79 bits per heavy atom. The first kappa shape index (κ1) is 15.4. The van der Waals surface area contributed by atoms with Crippen molar-refractivity contribution in [3.63, 3.8) is 0 Å². The van der Waals surface area contributed by atoms with E-state index in [0.29, 0.717) is 6.42 Å². The molecule has 0 saturated carbocycles. The third kappa shape index (κ3) is 4.84. The second-order valence-corrected chi connectivity index (χ2v) is 4.54. The molecule has 3 nitrogen and oxygen atoms in total. The van der Waals surface area contributed by atoms with Crippen LogP contribution in [0.2, 0.25) is 0 Å². The predicted molar refractivity (Wildman–Crippen MR) is 68.8 cm³/mol. The molecule has 0 radical (unpaired) electrons. The molecule has 1 aromatic carbocycles. The average molecular weight is 268 g/mol. The van der Waals surface area contributed by atoms with Crippen LogP contribution >= 0.6 is 0 Å². The molecule has 5 heteroatoms. The second-order valence-electron chi connectivity index (χ2n) is 4.54. The van der Waals surface area contributed by atoms with Crippen LogP contribution in [0.1, 0.15) is 26.7 Å². The first-order valence-electron chi connectivity index (χ1n) is 6.25. The lowest BCUT2D eigenvalue weighted by Crippen LogP contribution is -2.42. The Morgan fingerprint density at radius 1 is 1.42 bits per heavy atom. The van der Waals surface area contributed by atoms with Gasteiger partial charge in [0.25, 0.3) is 0 Å². The lowest BCUT2D eigenvalue weighted by molar-refractivity contribution is 0.256. The fraction of sp³-hybridized carbons (Fsp3) is 0.500. The van der Waals surface area contributed by atoms with E-state index in [-0.39, 0.29) is 12.4 Å². The van der Waals surface area contributed by atoms with Crippen molar-refractivity contribution in [3.8, 4) is 11.8 Å². The highest BCUT2D eigenvalue weighted by atomic mass is 19.1. The van der Waals surface area contributed by atoms with Crippen molar-refractivity contribution >= 4 is 0 Å². The van der Waals surface area contributed by atoms with Crippen LogP contribution in [0.25, 0.3) is 0 Å². The number of nitriles is 1. The molecule has 1 aromatic rings. The lowest BCUT2D eigenvalue weighted by Gasteiger charge is -2.23. The molecule has 0 bridgehead atoms. The third-order valence-corrected chi connectivity index (χ3v) is 2.76. The highest BCUT2D eigenvalue weighted by Gasteiger charge is 2.22. The number of benzene rings is 1. The Labute approximate surface area is 112 Å². The Hall–Kier alpha value is -1.67. The van der Waals surface area contributed by atoms with E-state index in [1.165, 1.54) is 0 Å². The van der Waals surface area contributed by atoms with Gasteiger partial charge in [-0.3, -0.25) is 5.32 Å². The van der Waals surface area contributed by atoms with Gasteiger partial charge in [-0.05, 0) is 32.0 Å². The number of hydrogen-bond acceptors (Lipinski definition) is 3. The maximum atomic E-state index is 13.3. The van der Waals surface area contributed by atoms with Crippen LogP contribution in [-0.4, -0.2) is 18.7 Å². The van der Waals surface area contributed by atoms with Gasteiger partial charge in [-0.25, -0.2) is 8.78 Å². The molecule has 0 aliphatic rings. The van der Waals surface area contributed by atoms with Gasteiger partial charge in [0.05, 0.1) is 12.7 Å². The highest BCUT2D eigenvalue weighted by Crippen LogP contribution is 2.19. The van der Waals surface area contributed by atoms with E-state index in [0.717, 1.165) is 31.2 Å². The Balaban J connectivity index is 2.53. The summed E-state index contributed by atoms with van der Waals surface area (Å²) in [5, 5.41) is 12.2. The molecule has 0 fully saturated rings. The molecule has 1 unspecified atom stereocenters. The fourth-order valence-corrected chi connectivity index (χ4v) is 1.54. The summed E-state index contributed by atoms with van der Waals surface area (Å²) >= 11 is 0. The molecule has 0 aromatic heterocycles. The van der Waals surface area contributed by atoms with Gasteiger partial charge in [0.2, 0.25) is 0 Å². The van der Waals surface area contributed by atoms with Crippen LogP contribution in [0.3, 0.4) is 0 Å². The van der Waals surface area contributed by atoms with Crippen LogP contribution in [0, 0.1) is 23.0 Å². The van der Waals surface area contributed by atoms with Gasteiger partial charge >= 0.3 is 0 Å². The quantitative estimate of drug-likeness (QED) is 0.826. The maximum absolute atomic E-state index is 13.3. The van der Waals surface area contributed by atoms with Crippen molar-refractivity contribution in [1.29, 1.82) is 5.26 Å². The predicted octanol–water partition coefficient (Wildman–Crippen LogP) is 3.02. The van der Waals surface area contributed by atoms with Crippen LogP contribution in [0.4, 0.5) is 8.78 Å². The minimum absolute atomic E-state index is 0.129. The molecule has 19 heavy (non-hydrogen) atoms. The summed E-state index contributed by atoms with van der Waals surface area (Å²) in [5.41, 5.74) is -0.722. The van der Waals surface area contributed by atoms with Gasteiger partial charge in [-0.2, -0.15) is 5.26 Å². The molecule has 0 heterocycles. The Morgan fingerprint density at radius 2 is 2.16 bits per heavy atom. The van der Waals surface area contributed by atoms with Crippen molar-refractivity contribution < 1.29 is 13.5 Å². The summed E-state index contributed by atoms with van der Waals surface area (Å²) in [6.45, 7) is 4.62. The highest BCUT2D eigenvalue weighted by molar-refractivity contribution is 5.24. The fourth-order valence-electron chi connectivity index (χ4n) is 1.54. The average Bonchev–Trinajstić information content (AvgIpc) is 2.40. The van der Waals surface area contributed by atoms with Crippen molar-refractivity contribution in [2.75, 3.05) is 13.2 Å². The zero-order valence-corrected chi connectivity index (χ0v) is 11.2. The van der Waals surface area contributed by atoms with Crippen molar-refractivity contribution in [2.24, 2.45) is 0 Å². The first-order chi connectivity index (χ1) is 9.00. The van der Waals surface area contributed by atoms with E-state index in [1.54, 1.807) is 6.92 Å². The molecule has 104 valence electrons. The van der Waals surface area contributed by atoms with Gasteiger partial charge in [0.1, 0.15) is 11.4 Å². The standard InChI is InChI=1S/C14H18F2N2O/c1-3-7-18-14(2,10-17)6-8-19-13-9-11(15)4-5-12(13)16/h4-5,9,18H,3,6-8H2,1-2H3. The van der Waals surface area contributed by atoms with Crippen LogP contribution in [0.15, 0.2) is 18.2 Å². The summed E-state index contributed by atoms with van der Waals surface area (Å²) in [6, 6.07) is 5.21. The number of ether oxygens (including phenoxy) is 1. The van der Waals surface area contributed by atoms with E-state index in [1.807, 2.05) is 6.92 Å². The monoisotopic (exact) mass is 268 g/mol. The summed E-state index contributed by atoms with van der Waals surface area (Å²) in [6.07, 6.45) is 1.30. The molecule has 0 spiro atoms. The van der Waals surface area contributed by atoms with Gasteiger partial charge in [0.15, 0.2) is 11.6 Å². The minimum atomic E-state index is -0.722. The smallest absolute Gasteiger partial charge is 0.165 e. The summed E-state index contributed by atoms with van der Waals surface area (Å²) in [5.74, 6) is -1.29. The number of nitrogens with zero attached hydrogens (tertiary/aromatic N) is 1. The lowest BCUT2D eigenvalue weighted by atomic mass is 10.0. The van der Waals surface area contributed by atoms with Crippen molar-refractivity contribution in [3.05, 3.63) is 29.8 Å². The topological polar surface area (TPSA) is 45.0 Å². The molecule has 0 amide bonds. The molecular formula is C14H18F2N2O. The molecule has 1 N–H and O–H groups in total. The number of nitrogens with one attached hydrogen (secondary N) is 1. The van der Waals surface area contributed by atoms with E-state index in [9.17, 15) is 8.78 Å². The number of rotatable bonds is 7. The van der Waals surface area contributed by atoms with Gasteiger partial charge in [-0.15, -0.1) is 0 Å². The van der Waals surface area contributed by atoms with E-state index < -0.39 is 17.2 Å². The minimum Gasteiger partial charge on any atom is -0.490 e. The van der Waals surface area contributed by atoms with Gasteiger partial charge in [-0.1, -0.05) is 6.92 Å². The molecular weight excluding hydrogens is 250 g/mol. The SMILES string of the molecule is CCCNC(C)(C#N)CCOc1cc(F)ccc1F. The molecule has 1 atom stereocenters. The zero-order chi connectivity index (χ0) is 14.3. The molecule has 1 rings (SSSR count). The van der Waals surface area contributed by atoms with E-state index in [4.69, 9.17) is 10.00 Å². The van der Waals surface area contributed by atoms with Crippen LogP contribution in [0.5, 0.6) is 5.75 Å². The molecule has 0 aliphatic heterocycles. The number of hydrogen-bond donors (Lipinski definition) is 1. The van der Waals surface area contributed by atoms with Crippen molar-refractivity contribution in [2.45, 2.75) is 32.2 Å². The van der Waals surface area contributed by atoms with Crippen LogP contribution < -0.4 is 10.1 Å². The van der Waals surface area contributed by atoms with E-state index in [2.05, 4.69) is 11.4 Å². The van der Waals surface area contributed by atoms with E-state index >= 15 is 0 Å². The normalized spacial score (nSPS) is 13.6. The first-order valence-corrected chi connectivity index (χ1v) is 6.25. The zero-order valence-electron chi connectivity index (χ0n) is 11.2. The van der Waals surface area contributed by atoms with Crippen molar-refractivity contribution in [1.82, 2.24) is 5.32 Å². The van der Waals surface area contributed by atoms with Gasteiger partial charge < -0.3 is 4.74 Å².